The van der Waals surface area contributed by atoms with Crippen LogP contribution in [-0.2, 0) is 9.53 Å². The van der Waals surface area contributed by atoms with Crippen molar-refractivity contribution in [2.24, 2.45) is 5.92 Å². The molecule has 0 heterocycles. The van der Waals surface area contributed by atoms with Gasteiger partial charge < -0.3 is 15.2 Å². The fourth-order valence-electron chi connectivity index (χ4n) is 2.31. The highest BCUT2D eigenvalue weighted by molar-refractivity contribution is 5.71. The number of alkyl carbamates (subject to hydrolysis) is 1. The number of carboxylic acids is 1. The number of alkyl halides is 2. The number of amides is 1. The molecule has 1 fully saturated rings. The summed E-state index contributed by atoms with van der Waals surface area (Å²) in [6, 6.07) is -0.837. The van der Waals surface area contributed by atoms with E-state index in [1.165, 1.54) is 0 Å². The van der Waals surface area contributed by atoms with Gasteiger partial charge in [0.2, 0.25) is 5.92 Å². The van der Waals surface area contributed by atoms with E-state index >= 15 is 0 Å². The third-order valence-electron chi connectivity index (χ3n) is 3.11. The van der Waals surface area contributed by atoms with Crippen molar-refractivity contribution < 1.29 is 28.2 Å². The van der Waals surface area contributed by atoms with Crippen LogP contribution >= 0.6 is 0 Å². The standard InChI is InChI=1S/C13H21F2NO4/c1-12(2,3)20-11(19)16-9(6-10(17)18)8-4-5-13(14,15)7-8/h8-9H,4-7H2,1-3H3,(H,16,19)(H,17,18)/t8?,9-/m1/s1. The molecule has 0 bridgehead atoms. The lowest BCUT2D eigenvalue weighted by molar-refractivity contribution is -0.138. The molecule has 0 aliphatic heterocycles. The molecule has 1 aliphatic carbocycles. The van der Waals surface area contributed by atoms with E-state index in [-0.39, 0.29) is 19.3 Å². The Balaban J connectivity index is 2.66. The van der Waals surface area contributed by atoms with E-state index in [9.17, 15) is 18.4 Å². The Morgan fingerprint density at radius 1 is 1.45 bits per heavy atom. The third kappa shape index (κ3) is 5.71. The van der Waals surface area contributed by atoms with Crippen molar-refractivity contribution in [3.8, 4) is 0 Å². The molecule has 0 saturated heterocycles. The van der Waals surface area contributed by atoms with Gasteiger partial charge in [-0.1, -0.05) is 0 Å². The van der Waals surface area contributed by atoms with E-state index in [0.717, 1.165) is 0 Å². The van der Waals surface area contributed by atoms with Gasteiger partial charge in [0.1, 0.15) is 5.60 Å². The van der Waals surface area contributed by atoms with Gasteiger partial charge in [0.15, 0.2) is 0 Å². The average Bonchev–Trinajstić information content (AvgIpc) is 2.54. The number of hydrogen-bond acceptors (Lipinski definition) is 3. The lowest BCUT2D eigenvalue weighted by Gasteiger charge is -2.26. The number of hydrogen-bond donors (Lipinski definition) is 2. The quantitative estimate of drug-likeness (QED) is 0.835. The van der Waals surface area contributed by atoms with Gasteiger partial charge in [0.05, 0.1) is 6.42 Å². The summed E-state index contributed by atoms with van der Waals surface area (Å²) in [7, 11) is 0. The molecule has 0 aromatic rings. The maximum atomic E-state index is 13.2. The van der Waals surface area contributed by atoms with Gasteiger partial charge in [-0.25, -0.2) is 13.6 Å². The van der Waals surface area contributed by atoms with Crippen LogP contribution in [-0.4, -0.2) is 34.7 Å². The van der Waals surface area contributed by atoms with Crippen LogP contribution in [0.4, 0.5) is 13.6 Å². The predicted molar refractivity (Wildman–Crippen MR) is 67.7 cm³/mol. The Hall–Kier alpha value is -1.40. The van der Waals surface area contributed by atoms with Gasteiger partial charge in [-0.05, 0) is 33.1 Å². The average molecular weight is 293 g/mol. The van der Waals surface area contributed by atoms with Gasteiger partial charge in [-0.2, -0.15) is 0 Å². The summed E-state index contributed by atoms with van der Waals surface area (Å²) in [5.74, 6) is -4.47. The Kier molecular flexibility index (Phi) is 4.94. The number of carboxylic acid groups (broad SMARTS) is 1. The molecule has 0 aromatic heterocycles. The first-order valence-electron chi connectivity index (χ1n) is 6.58. The highest BCUT2D eigenvalue weighted by Crippen LogP contribution is 2.41. The molecule has 7 heteroatoms. The number of nitrogens with one attached hydrogen (secondary N) is 1. The number of carbonyl (C=O) groups excluding carboxylic acids is 1. The minimum Gasteiger partial charge on any atom is -0.481 e. The van der Waals surface area contributed by atoms with E-state index < -0.39 is 42.0 Å². The zero-order valence-electron chi connectivity index (χ0n) is 11.9. The number of halogens is 2. The van der Waals surface area contributed by atoms with E-state index in [1.54, 1.807) is 20.8 Å². The number of aliphatic carboxylic acids is 1. The van der Waals surface area contributed by atoms with Gasteiger partial charge >= 0.3 is 12.1 Å². The van der Waals surface area contributed by atoms with Gasteiger partial charge in [0, 0.05) is 18.9 Å². The van der Waals surface area contributed by atoms with E-state index in [0.29, 0.717) is 0 Å². The molecule has 1 amide bonds. The molecule has 1 rings (SSSR count). The molecule has 20 heavy (non-hydrogen) atoms. The summed E-state index contributed by atoms with van der Waals surface area (Å²) < 4.78 is 31.4. The number of carbonyl (C=O) groups is 2. The predicted octanol–water partition coefficient (Wildman–Crippen LogP) is 2.79. The summed E-state index contributed by atoms with van der Waals surface area (Å²) in [6.45, 7) is 5.01. The van der Waals surface area contributed by atoms with Crippen LogP contribution < -0.4 is 5.32 Å². The summed E-state index contributed by atoms with van der Waals surface area (Å²) in [5, 5.41) is 11.2. The lowest BCUT2D eigenvalue weighted by Crippen LogP contribution is -2.44. The second-order valence-electron chi connectivity index (χ2n) is 6.21. The van der Waals surface area contributed by atoms with Crippen LogP contribution in [0.2, 0.25) is 0 Å². The Labute approximate surface area is 116 Å². The highest BCUT2D eigenvalue weighted by Gasteiger charge is 2.43. The first kappa shape index (κ1) is 16.7. The fourth-order valence-corrected chi connectivity index (χ4v) is 2.31. The second kappa shape index (κ2) is 5.93. The van der Waals surface area contributed by atoms with Gasteiger partial charge in [-0.15, -0.1) is 0 Å². The first-order valence-corrected chi connectivity index (χ1v) is 6.58. The van der Waals surface area contributed by atoms with Crippen molar-refractivity contribution in [2.75, 3.05) is 0 Å². The molecular weight excluding hydrogens is 272 g/mol. The number of ether oxygens (including phenoxy) is 1. The smallest absolute Gasteiger partial charge is 0.407 e. The molecular formula is C13H21F2NO4. The normalized spacial score (nSPS) is 23.1. The van der Waals surface area contributed by atoms with Crippen molar-refractivity contribution in [3.63, 3.8) is 0 Å². The van der Waals surface area contributed by atoms with Gasteiger partial charge in [0.25, 0.3) is 0 Å². The Morgan fingerprint density at radius 3 is 2.45 bits per heavy atom. The summed E-state index contributed by atoms with van der Waals surface area (Å²) in [5.41, 5.74) is -0.725. The largest absolute Gasteiger partial charge is 0.481 e. The lowest BCUT2D eigenvalue weighted by atomic mass is 9.95. The highest BCUT2D eigenvalue weighted by atomic mass is 19.3. The fraction of sp³-hybridized carbons (Fsp3) is 0.846. The molecule has 0 spiro atoms. The van der Waals surface area contributed by atoms with E-state index in [1.807, 2.05) is 0 Å². The molecule has 2 atom stereocenters. The van der Waals surface area contributed by atoms with Crippen molar-refractivity contribution >= 4 is 12.1 Å². The number of rotatable bonds is 4. The zero-order chi connectivity index (χ0) is 15.6. The molecule has 5 nitrogen and oxygen atoms in total. The van der Waals surface area contributed by atoms with Crippen LogP contribution in [0.3, 0.4) is 0 Å². The minimum atomic E-state index is -2.78. The van der Waals surface area contributed by atoms with Crippen molar-refractivity contribution in [1.82, 2.24) is 5.32 Å². The first-order chi connectivity index (χ1) is 8.98. The molecule has 116 valence electrons. The monoisotopic (exact) mass is 293 g/mol. The molecule has 0 radical (unpaired) electrons. The molecule has 0 aromatic carbocycles. The SMILES string of the molecule is CC(C)(C)OC(=O)N[C@H](CC(=O)O)C1CCC(F)(F)C1. The molecule has 2 N–H and O–H groups in total. The second-order valence-corrected chi connectivity index (χ2v) is 6.21. The molecule has 1 unspecified atom stereocenters. The van der Waals surface area contributed by atoms with Crippen molar-refractivity contribution in [3.05, 3.63) is 0 Å². The molecule has 1 saturated carbocycles. The Morgan fingerprint density at radius 2 is 2.05 bits per heavy atom. The van der Waals surface area contributed by atoms with Crippen molar-refractivity contribution in [2.45, 2.75) is 64.0 Å². The van der Waals surface area contributed by atoms with E-state index in [2.05, 4.69) is 5.32 Å². The van der Waals surface area contributed by atoms with Crippen LogP contribution in [0.1, 0.15) is 46.5 Å². The van der Waals surface area contributed by atoms with Crippen LogP contribution in [0, 0.1) is 5.92 Å². The minimum absolute atomic E-state index is 0.195. The maximum absolute atomic E-state index is 13.2. The third-order valence-corrected chi connectivity index (χ3v) is 3.11. The van der Waals surface area contributed by atoms with E-state index in [4.69, 9.17) is 9.84 Å². The van der Waals surface area contributed by atoms with Gasteiger partial charge in [-0.3, -0.25) is 4.79 Å². The topological polar surface area (TPSA) is 75.6 Å². The van der Waals surface area contributed by atoms with Crippen LogP contribution in [0.25, 0.3) is 0 Å². The molecule has 1 aliphatic rings. The van der Waals surface area contributed by atoms with Crippen LogP contribution in [0.15, 0.2) is 0 Å². The summed E-state index contributed by atoms with van der Waals surface area (Å²) in [4.78, 5) is 22.5. The summed E-state index contributed by atoms with van der Waals surface area (Å²) >= 11 is 0. The maximum Gasteiger partial charge on any atom is 0.407 e. The van der Waals surface area contributed by atoms with Crippen LogP contribution in [0.5, 0.6) is 0 Å². The summed E-state index contributed by atoms with van der Waals surface area (Å²) in [6.07, 6.45) is -1.65. The zero-order valence-corrected chi connectivity index (χ0v) is 11.9. The Bertz CT molecular complexity index is 379. The van der Waals surface area contributed by atoms with Crippen molar-refractivity contribution in [1.29, 1.82) is 0 Å².